The van der Waals surface area contributed by atoms with Crippen molar-refractivity contribution < 1.29 is 14.3 Å². The molecule has 3 nitrogen and oxygen atoms in total. The van der Waals surface area contributed by atoms with E-state index in [1.165, 1.54) is 25.0 Å². The summed E-state index contributed by atoms with van der Waals surface area (Å²) >= 11 is 0. The molecule has 2 atom stereocenters. The highest BCUT2D eigenvalue weighted by Crippen LogP contribution is 2.43. The third kappa shape index (κ3) is 3.50. The number of hydrogen-bond donors (Lipinski definition) is 1. The van der Waals surface area contributed by atoms with Crippen molar-refractivity contribution in [3.05, 3.63) is 41.7 Å². The van der Waals surface area contributed by atoms with Crippen LogP contribution < -0.4 is 0 Å². The normalized spacial score (nSPS) is 26.5. The van der Waals surface area contributed by atoms with Gasteiger partial charge < -0.3 is 5.11 Å². The number of carboxylic acid groups (broad SMARTS) is 1. The van der Waals surface area contributed by atoms with E-state index in [4.69, 9.17) is 0 Å². The first-order valence-electron chi connectivity index (χ1n) is 7.51. The summed E-state index contributed by atoms with van der Waals surface area (Å²) in [5.74, 6) is -0.157. The summed E-state index contributed by atoms with van der Waals surface area (Å²) in [6, 6.07) is 6.37. The molecule has 2 fully saturated rings. The number of carboxylic acids is 1. The highest BCUT2D eigenvalue weighted by Gasteiger charge is 2.45. The Labute approximate surface area is 124 Å². The van der Waals surface area contributed by atoms with Crippen LogP contribution in [0.25, 0.3) is 6.08 Å². The minimum atomic E-state index is -0.656. The fourth-order valence-corrected chi connectivity index (χ4v) is 3.24. The zero-order chi connectivity index (χ0) is 14.8. The number of nitrogens with zero attached hydrogens (tertiary/aromatic N) is 1. The highest BCUT2D eigenvalue weighted by atomic mass is 19.1. The van der Waals surface area contributed by atoms with Gasteiger partial charge in [0.1, 0.15) is 5.82 Å². The number of carbonyl (C=O) groups is 1. The molecule has 4 heteroatoms. The summed E-state index contributed by atoms with van der Waals surface area (Å²) in [6.45, 7) is 2.28. The fraction of sp³-hybridized carbons (Fsp3) is 0.471. The summed E-state index contributed by atoms with van der Waals surface area (Å²) in [6.07, 6.45) is 6.36. The van der Waals surface area contributed by atoms with Gasteiger partial charge >= 0.3 is 5.97 Å². The SMILES string of the molecule is O=C(O)[C@@H]1CN(CC=Cc2ccc(F)cc2)C[C@H]1C1CC1. The number of halogens is 1. The molecule has 1 aromatic rings. The number of likely N-dealkylation sites (tertiary alicyclic amines) is 1. The molecule has 3 rings (SSSR count). The van der Waals surface area contributed by atoms with E-state index in [1.807, 2.05) is 12.2 Å². The van der Waals surface area contributed by atoms with Crippen molar-refractivity contribution in [3.63, 3.8) is 0 Å². The Hall–Kier alpha value is -1.68. The molecule has 1 aliphatic heterocycles. The average Bonchev–Trinajstić information content (AvgIpc) is 3.21. The minimum absolute atomic E-state index is 0.211. The maximum Gasteiger partial charge on any atom is 0.308 e. The van der Waals surface area contributed by atoms with Crippen LogP contribution in [0.15, 0.2) is 30.3 Å². The van der Waals surface area contributed by atoms with Crippen molar-refractivity contribution in [2.75, 3.05) is 19.6 Å². The first-order valence-corrected chi connectivity index (χ1v) is 7.51. The molecule has 0 radical (unpaired) electrons. The summed E-state index contributed by atoms with van der Waals surface area (Å²) < 4.78 is 12.8. The van der Waals surface area contributed by atoms with Gasteiger partial charge in [0.25, 0.3) is 0 Å². The van der Waals surface area contributed by atoms with Gasteiger partial charge in [0.15, 0.2) is 0 Å². The predicted octanol–water partition coefficient (Wildman–Crippen LogP) is 2.88. The fourth-order valence-electron chi connectivity index (χ4n) is 3.24. The Balaban J connectivity index is 1.56. The van der Waals surface area contributed by atoms with Gasteiger partial charge in [-0.15, -0.1) is 0 Å². The van der Waals surface area contributed by atoms with Crippen molar-refractivity contribution in [1.29, 1.82) is 0 Å². The van der Waals surface area contributed by atoms with Crippen molar-refractivity contribution in [2.24, 2.45) is 17.8 Å². The molecule has 0 unspecified atom stereocenters. The van der Waals surface area contributed by atoms with Crippen LogP contribution in [-0.2, 0) is 4.79 Å². The Kier molecular flexibility index (Phi) is 4.06. The van der Waals surface area contributed by atoms with Gasteiger partial charge in [-0.1, -0.05) is 24.3 Å². The van der Waals surface area contributed by atoms with Crippen LogP contribution in [0.4, 0.5) is 4.39 Å². The molecule has 1 heterocycles. The quantitative estimate of drug-likeness (QED) is 0.906. The summed E-state index contributed by atoms with van der Waals surface area (Å²) in [4.78, 5) is 13.5. The molecule has 0 amide bonds. The first kappa shape index (κ1) is 14.3. The number of hydrogen-bond acceptors (Lipinski definition) is 2. The second-order valence-electron chi connectivity index (χ2n) is 6.12. The molecule has 2 aliphatic rings. The Morgan fingerprint density at radius 2 is 2.00 bits per heavy atom. The molecular weight excluding hydrogens is 269 g/mol. The molecule has 0 aromatic heterocycles. The maximum absolute atomic E-state index is 12.8. The van der Waals surface area contributed by atoms with Crippen molar-refractivity contribution in [1.82, 2.24) is 4.90 Å². The van der Waals surface area contributed by atoms with Crippen LogP contribution in [0.5, 0.6) is 0 Å². The van der Waals surface area contributed by atoms with Crippen LogP contribution in [0, 0.1) is 23.6 Å². The van der Waals surface area contributed by atoms with Crippen LogP contribution in [0.1, 0.15) is 18.4 Å². The third-order valence-corrected chi connectivity index (χ3v) is 4.53. The predicted molar refractivity (Wildman–Crippen MR) is 79.2 cm³/mol. The third-order valence-electron chi connectivity index (χ3n) is 4.53. The number of rotatable bonds is 5. The summed E-state index contributed by atoms with van der Waals surface area (Å²) in [5, 5.41) is 9.33. The van der Waals surface area contributed by atoms with E-state index >= 15 is 0 Å². The van der Waals surface area contributed by atoms with Gasteiger partial charge in [0.05, 0.1) is 5.92 Å². The lowest BCUT2D eigenvalue weighted by atomic mass is 9.92. The van der Waals surface area contributed by atoms with Crippen LogP contribution >= 0.6 is 0 Å². The van der Waals surface area contributed by atoms with Crippen molar-refractivity contribution in [2.45, 2.75) is 12.8 Å². The first-order chi connectivity index (χ1) is 10.1. The Morgan fingerprint density at radius 1 is 1.29 bits per heavy atom. The second kappa shape index (κ2) is 5.98. The molecule has 0 bridgehead atoms. The van der Waals surface area contributed by atoms with E-state index in [2.05, 4.69) is 4.90 Å². The monoisotopic (exact) mass is 289 g/mol. The van der Waals surface area contributed by atoms with E-state index in [0.29, 0.717) is 18.4 Å². The molecule has 0 spiro atoms. The van der Waals surface area contributed by atoms with Crippen LogP contribution in [0.3, 0.4) is 0 Å². The Bertz CT molecular complexity index is 536. The van der Waals surface area contributed by atoms with Crippen LogP contribution in [-0.4, -0.2) is 35.6 Å². The lowest BCUT2D eigenvalue weighted by Gasteiger charge is -2.13. The molecule has 21 heavy (non-hydrogen) atoms. The van der Waals surface area contributed by atoms with E-state index in [-0.39, 0.29) is 11.7 Å². The summed E-state index contributed by atoms with van der Waals surface area (Å²) in [7, 11) is 0. The Morgan fingerprint density at radius 3 is 2.62 bits per heavy atom. The molecule has 1 N–H and O–H groups in total. The molecule has 1 saturated heterocycles. The topological polar surface area (TPSA) is 40.5 Å². The lowest BCUT2D eigenvalue weighted by molar-refractivity contribution is -0.142. The van der Waals surface area contributed by atoms with Gasteiger partial charge in [-0.25, -0.2) is 4.39 Å². The van der Waals surface area contributed by atoms with Crippen molar-refractivity contribution >= 4 is 12.0 Å². The van der Waals surface area contributed by atoms with Gasteiger partial charge in [-0.2, -0.15) is 0 Å². The molecule has 1 aromatic carbocycles. The van der Waals surface area contributed by atoms with E-state index in [0.717, 1.165) is 18.7 Å². The number of benzene rings is 1. The zero-order valence-electron chi connectivity index (χ0n) is 11.9. The molecule has 1 saturated carbocycles. The average molecular weight is 289 g/mol. The van der Waals surface area contributed by atoms with Crippen LogP contribution in [0.2, 0.25) is 0 Å². The highest BCUT2D eigenvalue weighted by molar-refractivity contribution is 5.71. The zero-order valence-corrected chi connectivity index (χ0v) is 11.9. The van der Waals surface area contributed by atoms with Gasteiger partial charge in [-0.3, -0.25) is 9.69 Å². The van der Waals surface area contributed by atoms with Gasteiger partial charge in [0, 0.05) is 19.6 Å². The van der Waals surface area contributed by atoms with Gasteiger partial charge in [0.2, 0.25) is 0 Å². The van der Waals surface area contributed by atoms with Gasteiger partial charge in [-0.05, 0) is 42.4 Å². The molecule has 112 valence electrons. The number of aliphatic carboxylic acids is 1. The largest absolute Gasteiger partial charge is 0.481 e. The minimum Gasteiger partial charge on any atom is -0.481 e. The van der Waals surface area contributed by atoms with E-state index in [9.17, 15) is 14.3 Å². The lowest BCUT2D eigenvalue weighted by Crippen LogP contribution is -2.24. The van der Waals surface area contributed by atoms with E-state index < -0.39 is 5.97 Å². The maximum atomic E-state index is 12.8. The standard InChI is InChI=1S/C17H20FNO2/c18-14-7-3-12(4-8-14)2-1-9-19-10-15(13-5-6-13)16(11-19)17(20)21/h1-4,7-8,13,15-16H,5-6,9-11H2,(H,20,21)/t15-,16+/m0/s1. The molecular formula is C17H20FNO2. The summed E-state index contributed by atoms with van der Waals surface area (Å²) in [5.41, 5.74) is 0.962. The smallest absolute Gasteiger partial charge is 0.308 e. The second-order valence-corrected chi connectivity index (χ2v) is 6.12. The van der Waals surface area contributed by atoms with E-state index in [1.54, 1.807) is 12.1 Å². The molecule has 1 aliphatic carbocycles. The van der Waals surface area contributed by atoms with Crippen molar-refractivity contribution in [3.8, 4) is 0 Å².